The van der Waals surface area contributed by atoms with E-state index in [4.69, 9.17) is 14.2 Å². The molecule has 0 aromatic rings. The molecule has 1 unspecified atom stereocenters. The fourth-order valence-electron chi connectivity index (χ4n) is 8.80. The second-order valence-electron chi connectivity index (χ2n) is 21.0. The fraction of sp³-hybridized carbons (Fsp3) is 0.750. The van der Waals surface area contributed by atoms with Crippen LogP contribution in [0.25, 0.3) is 0 Å². The summed E-state index contributed by atoms with van der Waals surface area (Å²) in [5.74, 6) is -0.913. The van der Waals surface area contributed by atoms with E-state index in [2.05, 4.69) is 106 Å². The third kappa shape index (κ3) is 59.5. The number of carbonyl (C=O) groups is 3. The van der Waals surface area contributed by atoms with Gasteiger partial charge in [-0.25, -0.2) is 0 Å². The molecule has 426 valence electrons. The van der Waals surface area contributed by atoms with Crippen LogP contribution in [0.4, 0.5) is 0 Å². The molecule has 0 aliphatic rings. The molecule has 0 N–H and O–H groups in total. The van der Waals surface area contributed by atoms with E-state index in [0.29, 0.717) is 19.3 Å². The first-order valence-corrected chi connectivity index (χ1v) is 31.6. The number of allylic oxidation sites excluding steroid dienone is 14. The first kappa shape index (κ1) is 70.6. The Morgan fingerprint density at radius 3 is 0.797 bits per heavy atom. The second kappa shape index (κ2) is 62.1. The summed E-state index contributed by atoms with van der Waals surface area (Å²) in [5.41, 5.74) is 0. The second-order valence-corrected chi connectivity index (χ2v) is 21.0. The maximum atomic E-state index is 12.9. The van der Waals surface area contributed by atoms with Crippen molar-refractivity contribution in [2.45, 2.75) is 316 Å². The SMILES string of the molecule is CCCCC/C=C\C/C=C\C/C=C\CCCCCCCCC(=O)OC(COC(=O)CCCCCCC/C=C\CCCCCCCCC)COC(=O)CCCCCCCC/C=C\C/C=C\C/C=C\CCCCCCC. The van der Waals surface area contributed by atoms with Gasteiger partial charge in [0.25, 0.3) is 0 Å². The lowest BCUT2D eigenvalue weighted by atomic mass is 10.1. The predicted molar refractivity (Wildman–Crippen MR) is 321 cm³/mol. The quantitative estimate of drug-likeness (QED) is 0.0261. The summed E-state index contributed by atoms with van der Waals surface area (Å²) in [6.45, 7) is 6.60. The van der Waals surface area contributed by atoms with Gasteiger partial charge >= 0.3 is 17.9 Å². The van der Waals surface area contributed by atoms with Crippen molar-refractivity contribution in [3.8, 4) is 0 Å². The Morgan fingerprint density at radius 1 is 0.270 bits per heavy atom. The van der Waals surface area contributed by atoms with Crippen LogP contribution >= 0.6 is 0 Å². The summed E-state index contributed by atoms with van der Waals surface area (Å²) in [6, 6.07) is 0. The highest BCUT2D eigenvalue weighted by atomic mass is 16.6. The molecule has 0 aromatic carbocycles. The molecule has 74 heavy (non-hydrogen) atoms. The number of unbranched alkanes of at least 4 members (excludes halogenated alkanes) is 32. The zero-order chi connectivity index (χ0) is 53.6. The molecule has 0 amide bonds. The normalized spacial score (nSPS) is 12.6. The largest absolute Gasteiger partial charge is 0.462 e. The molecule has 6 nitrogen and oxygen atoms in total. The Kier molecular flexibility index (Phi) is 59.3. The van der Waals surface area contributed by atoms with E-state index in [9.17, 15) is 14.4 Å². The third-order valence-corrected chi connectivity index (χ3v) is 13.6. The third-order valence-electron chi connectivity index (χ3n) is 13.6. The standard InChI is InChI=1S/C68H118O6/c1-4-7-10-13-16-19-22-25-28-31-33-34-36-37-40-43-46-49-52-55-58-61-67(70)73-64-65(63-72-66(69)60-57-54-51-48-45-42-39-30-27-24-21-18-15-12-9-6-3)74-68(71)62-59-56-53-50-47-44-41-38-35-32-29-26-23-20-17-14-11-8-5-2/h17,20,22,25-26,29-31,33,35-39,65H,4-16,18-19,21,23-24,27-28,32,34,40-64H2,1-3H3/b20-17-,25-22-,29-26-,33-31-,37-36-,38-35-,39-30-. The Balaban J connectivity index is 4.44. The van der Waals surface area contributed by atoms with Gasteiger partial charge in [-0.05, 0) is 122 Å². The van der Waals surface area contributed by atoms with Crippen LogP contribution in [0.3, 0.4) is 0 Å². The highest BCUT2D eigenvalue weighted by molar-refractivity contribution is 5.71. The van der Waals surface area contributed by atoms with Gasteiger partial charge < -0.3 is 14.2 Å². The monoisotopic (exact) mass is 1030 g/mol. The van der Waals surface area contributed by atoms with Crippen LogP contribution in [-0.4, -0.2) is 37.2 Å². The van der Waals surface area contributed by atoms with Crippen molar-refractivity contribution in [2.75, 3.05) is 13.2 Å². The summed E-state index contributed by atoms with van der Waals surface area (Å²) in [6.07, 6.45) is 81.4. The molecule has 0 fully saturated rings. The van der Waals surface area contributed by atoms with E-state index in [1.807, 2.05) is 0 Å². The molecule has 0 bridgehead atoms. The van der Waals surface area contributed by atoms with E-state index in [1.165, 1.54) is 161 Å². The van der Waals surface area contributed by atoms with Gasteiger partial charge in [-0.1, -0.05) is 254 Å². The summed E-state index contributed by atoms with van der Waals surface area (Å²) in [5, 5.41) is 0. The van der Waals surface area contributed by atoms with E-state index >= 15 is 0 Å². The van der Waals surface area contributed by atoms with E-state index < -0.39 is 6.10 Å². The van der Waals surface area contributed by atoms with Crippen molar-refractivity contribution in [3.05, 3.63) is 85.1 Å². The number of rotatable bonds is 57. The highest BCUT2D eigenvalue weighted by Crippen LogP contribution is 2.15. The summed E-state index contributed by atoms with van der Waals surface area (Å²) in [4.78, 5) is 38.3. The van der Waals surface area contributed by atoms with Gasteiger partial charge in [-0.2, -0.15) is 0 Å². The summed E-state index contributed by atoms with van der Waals surface area (Å²) < 4.78 is 16.9. The molecule has 1 atom stereocenters. The Hall–Kier alpha value is -3.41. The van der Waals surface area contributed by atoms with Crippen molar-refractivity contribution in [3.63, 3.8) is 0 Å². The Bertz CT molecular complexity index is 1420. The van der Waals surface area contributed by atoms with Crippen molar-refractivity contribution in [1.29, 1.82) is 0 Å². The number of esters is 3. The van der Waals surface area contributed by atoms with Crippen LogP contribution in [0.15, 0.2) is 85.1 Å². The first-order valence-electron chi connectivity index (χ1n) is 31.6. The predicted octanol–water partition coefficient (Wildman–Crippen LogP) is 21.5. The van der Waals surface area contributed by atoms with Crippen molar-refractivity contribution in [2.24, 2.45) is 0 Å². The Labute approximate surface area is 458 Å². The van der Waals surface area contributed by atoms with Gasteiger partial charge in [0.15, 0.2) is 6.10 Å². The smallest absolute Gasteiger partial charge is 0.306 e. The van der Waals surface area contributed by atoms with Crippen molar-refractivity contribution < 1.29 is 28.6 Å². The average molecular weight is 1030 g/mol. The van der Waals surface area contributed by atoms with Crippen LogP contribution in [0.2, 0.25) is 0 Å². The van der Waals surface area contributed by atoms with E-state index in [-0.39, 0.29) is 31.1 Å². The molecule has 0 aromatic heterocycles. The minimum absolute atomic E-state index is 0.0901. The highest BCUT2D eigenvalue weighted by Gasteiger charge is 2.19. The summed E-state index contributed by atoms with van der Waals surface area (Å²) in [7, 11) is 0. The van der Waals surface area contributed by atoms with Crippen LogP contribution in [-0.2, 0) is 28.6 Å². The van der Waals surface area contributed by atoms with Crippen molar-refractivity contribution >= 4 is 17.9 Å². The molecular formula is C68H118O6. The average Bonchev–Trinajstić information content (AvgIpc) is 3.40. The molecule has 0 saturated carbocycles. The van der Waals surface area contributed by atoms with Gasteiger partial charge in [-0.15, -0.1) is 0 Å². The molecule has 0 heterocycles. The first-order chi connectivity index (χ1) is 36.5. The molecule has 6 heteroatoms. The molecule has 0 rings (SSSR count). The van der Waals surface area contributed by atoms with Crippen LogP contribution in [0.1, 0.15) is 310 Å². The summed E-state index contributed by atoms with van der Waals surface area (Å²) >= 11 is 0. The molecular weight excluding hydrogens is 913 g/mol. The lowest BCUT2D eigenvalue weighted by molar-refractivity contribution is -0.167. The van der Waals surface area contributed by atoms with Gasteiger partial charge in [-0.3, -0.25) is 14.4 Å². The lowest BCUT2D eigenvalue weighted by Crippen LogP contribution is -2.30. The number of hydrogen-bond donors (Lipinski definition) is 0. The molecule has 0 spiro atoms. The molecule has 0 radical (unpaired) electrons. The topological polar surface area (TPSA) is 78.9 Å². The van der Waals surface area contributed by atoms with E-state index in [1.54, 1.807) is 0 Å². The minimum Gasteiger partial charge on any atom is -0.462 e. The van der Waals surface area contributed by atoms with E-state index in [0.717, 1.165) is 109 Å². The van der Waals surface area contributed by atoms with Crippen LogP contribution < -0.4 is 0 Å². The lowest BCUT2D eigenvalue weighted by Gasteiger charge is -2.18. The number of ether oxygens (including phenoxy) is 3. The molecule has 0 saturated heterocycles. The molecule has 0 aliphatic heterocycles. The van der Waals surface area contributed by atoms with Crippen molar-refractivity contribution in [1.82, 2.24) is 0 Å². The fourth-order valence-corrected chi connectivity index (χ4v) is 8.80. The van der Waals surface area contributed by atoms with Crippen LogP contribution in [0, 0.1) is 0 Å². The minimum atomic E-state index is -0.795. The molecule has 0 aliphatic carbocycles. The number of hydrogen-bond acceptors (Lipinski definition) is 6. The zero-order valence-electron chi connectivity index (χ0n) is 48.8. The van der Waals surface area contributed by atoms with Crippen LogP contribution in [0.5, 0.6) is 0 Å². The van der Waals surface area contributed by atoms with Gasteiger partial charge in [0.05, 0.1) is 0 Å². The van der Waals surface area contributed by atoms with Gasteiger partial charge in [0, 0.05) is 19.3 Å². The Morgan fingerprint density at radius 2 is 0.486 bits per heavy atom. The van der Waals surface area contributed by atoms with Gasteiger partial charge in [0.2, 0.25) is 0 Å². The van der Waals surface area contributed by atoms with Gasteiger partial charge in [0.1, 0.15) is 13.2 Å². The number of carbonyl (C=O) groups excluding carboxylic acids is 3. The zero-order valence-corrected chi connectivity index (χ0v) is 48.8. The maximum absolute atomic E-state index is 12.9. The maximum Gasteiger partial charge on any atom is 0.306 e.